The van der Waals surface area contributed by atoms with Gasteiger partial charge in [-0.05, 0) is 19.8 Å². The van der Waals surface area contributed by atoms with E-state index in [1.165, 1.54) is 18.3 Å². The fourth-order valence-corrected chi connectivity index (χ4v) is 3.52. The summed E-state index contributed by atoms with van der Waals surface area (Å²) in [7, 11) is 0. The van der Waals surface area contributed by atoms with E-state index < -0.39 is 0 Å². The van der Waals surface area contributed by atoms with Crippen molar-refractivity contribution >= 4 is 22.9 Å². The summed E-state index contributed by atoms with van der Waals surface area (Å²) in [6.45, 7) is 3.34. The molecule has 1 aromatic heterocycles. The second kappa shape index (κ2) is 5.77. The van der Waals surface area contributed by atoms with Crippen LogP contribution in [0.2, 0.25) is 0 Å². The molecule has 21 heavy (non-hydrogen) atoms. The van der Waals surface area contributed by atoms with Crippen LogP contribution in [0.3, 0.4) is 0 Å². The molecule has 1 aliphatic rings. The fourth-order valence-electron chi connectivity index (χ4n) is 2.60. The maximum Gasteiger partial charge on any atom is 0.166 e. The van der Waals surface area contributed by atoms with Crippen LogP contribution >= 0.6 is 11.3 Å². The van der Waals surface area contributed by atoms with Crippen molar-refractivity contribution < 1.29 is 4.79 Å². The van der Waals surface area contributed by atoms with E-state index in [1.807, 2.05) is 30.3 Å². The zero-order valence-electron chi connectivity index (χ0n) is 11.9. The molecular weight excluding hydrogens is 282 g/mol. The van der Waals surface area contributed by atoms with E-state index in [-0.39, 0.29) is 5.78 Å². The molecule has 0 unspecified atom stereocenters. The zero-order chi connectivity index (χ0) is 14.8. The van der Waals surface area contributed by atoms with E-state index in [0.29, 0.717) is 16.1 Å². The van der Waals surface area contributed by atoms with Gasteiger partial charge in [0.1, 0.15) is 15.5 Å². The Balaban J connectivity index is 2.17. The first-order valence-corrected chi connectivity index (χ1v) is 7.89. The second-order valence-corrected chi connectivity index (χ2v) is 6.16. The van der Waals surface area contributed by atoms with Crippen molar-refractivity contribution in [3.63, 3.8) is 0 Å². The van der Waals surface area contributed by atoms with Crippen molar-refractivity contribution in [1.82, 2.24) is 4.98 Å². The van der Waals surface area contributed by atoms with Gasteiger partial charge in [-0.1, -0.05) is 41.7 Å². The number of aromatic nitrogens is 1. The van der Waals surface area contributed by atoms with Crippen molar-refractivity contribution in [2.75, 3.05) is 18.0 Å². The molecule has 2 heterocycles. The molecule has 5 heteroatoms. The third-order valence-electron chi connectivity index (χ3n) is 3.64. The number of carbonyl (C=O) groups is 1. The molecule has 0 spiro atoms. The van der Waals surface area contributed by atoms with E-state index in [2.05, 4.69) is 4.90 Å². The molecule has 1 aliphatic heterocycles. The van der Waals surface area contributed by atoms with E-state index >= 15 is 0 Å². The van der Waals surface area contributed by atoms with Crippen LogP contribution in [0.25, 0.3) is 10.6 Å². The Labute approximate surface area is 127 Å². The Hall–Kier alpha value is -2.01. The summed E-state index contributed by atoms with van der Waals surface area (Å²) in [5.41, 5.74) is 1.45. The predicted molar refractivity (Wildman–Crippen MR) is 84.9 cm³/mol. The normalized spacial score (nSPS) is 14.4. The van der Waals surface area contributed by atoms with Gasteiger partial charge in [-0.3, -0.25) is 10.2 Å². The molecule has 1 aromatic carbocycles. The number of hydrogen-bond acceptors (Lipinski definition) is 5. The molecule has 2 aromatic rings. The molecule has 0 atom stereocenters. The minimum absolute atomic E-state index is 0.0785. The first-order valence-electron chi connectivity index (χ1n) is 7.08. The van der Waals surface area contributed by atoms with Crippen LogP contribution in [-0.2, 0) is 0 Å². The minimum Gasteiger partial charge on any atom is -0.356 e. The molecular formula is C16H17N3OS. The third kappa shape index (κ3) is 2.74. The Kier molecular flexibility index (Phi) is 3.84. The summed E-state index contributed by atoms with van der Waals surface area (Å²) in [5.74, 6) is 0.605. The average Bonchev–Trinajstić information content (AvgIpc) is 3.01. The zero-order valence-corrected chi connectivity index (χ0v) is 12.7. The molecule has 0 amide bonds. The molecule has 0 bridgehead atoms. The van der Waals surface area contributed by atoms with E-state index in [9.17, 15) is 4.79 Å². The van der Waals surface area contributed by atoms with Gasteiger partial charge in [-0.2, -0.15) is 0 Å². The molecule has 0 radical (unpaired) electrons. The molecule has 3 rings (SSSR count). The monoisotopic (exact) mass is 299 g/mol. The minimum atomic E-state index is -0.0785. The lowest BCUT2D eigenvalue weighted by Crippen LogP contribution is -2.25. The van der Waals surface area contributed by atoms with Crippen molar-refractivity contribution in [3.8, 4) is 10.6 Å². The average molecular weight is 299 g/mol. The molecule has 0 saturated carbocycles. The molecule has 0 aliphatic carbocycles. The van der Waals surface area contributed by atoms with E-state index in [0.717, 1.165) is 36.5 Å². The Bertz CT molecular complexity index is 718. The van der Waals surface area contributed by atoms with Gasteiger partial charge >= 0.3 is 0 Å². The number of anilines is 1. The lowest BCUT2D eigenvalue weighted by molar-refractivity contribution is 0.101. The molecule has 1 saturated heterocycles. The summed E-state index contributed by atoms with van der Waals surface area (Å²) >= 11 is 1.27. The topological polar surface area (TPSA) is 57.1 Å². The SMILES string of the molecule is CC(=O)c1c(N2CCCC2)nc(-c2ccccc2)sc1=N. The van der Waals surface area contributed by atoms with Gasteiger partial charge in [0.05, 0.1) is 5.56 Å². The summed E-state index contributed by atoms with van der Waals surface area (Å²) in [6, 6.07) is 9.85. The Morgan fingerprint density at radius 1 is 1.24 bits per heavy atom. The highest BCUT2D eigenvalue weighted by molar-refractivity contribution is 7.12. The number of nitrogens with zero attached hydrogens (tertiary/aromatic N) is 2. The first kappa shape index (κ1) is 13.9. The maximum atomic E-state index is 11.9. The van der Waals surface area contributed by atoms with Gasteiger partial charge in [-0.25, -0.2) is 4.98 Å². The lowest BCUT2D eigenvalue weighted by atomic mass is 10.2. The van der Waals surface area contributed by atoms with E-state index in [4.69, 9.17) is 10.4 Å². The van der Waals surface area contributed by atoms with Crippen molar-refractivity contribution in [3.05, 3.63) is 40.6 Å². The largest absolute Gasteiger partial charge is 0.356 e. The summed E-state index contributed by atoms with van der Waals surface area (Å²) in [5, 5.41) is 9.03. The van der Waals surface area contributed by atoms with Crippen LogP contribution < -0.4 is 9.57 Å². The number of rotatable bonds is 3. The van der Waals surface area contributed by atoms with Gasteiger partial charge in [-0.15, -0.1) is 0 Å². The number of benzene rings is 1. The molecule has 1 fully saturated rings. The maximum absolute atomic E-state index is 11.9. The highest BCUT2D eigenvalue weighted by Crippen LogP contribution is 2.27. The number of hydrogen-bond donors (Lipinski definition) is 1. The van der Waals surface area contributed by atoms with Crippen molar-refractivity contribution in [1.29, 1.82) is 5.41 Å². The van der Waals surface area contributed by atoms with Gasteiger partial charge in [0.2, 0.25) is 0 Å². The Morgan fingerprint density at radius 3 is 2.52 bits per heavy atom. The Morgan fingerprint density at radius 2 is 1.90 bits per heavy atom. The van der Waals surface area contributed by atoms with Crippen LogP contribution in [0, 0.1) is 5.41 Å². The smallest absolute Gasteiger partial charge is 0.166 e. The fraction of sp³-hybridized carbons (Fsp3) is 0.312. The highest BCUT2D eigenvalue weighted by Gasteiger charge is 2.22. The van der Waals surface area contributed by atoms with Gasteiger partial charge in [0, 0.05) is 18.7 Å². The van der Waals surface area contributed by atoms with Crippen LogP contribution in [0.4, 0.5) is 5.82 Å². The van der Waals surface area contributed by atoms with Gasteiger partial charge < -0.3 is 4.90 Å². The predicted octanol–water partition coefficient (Wildman–Crippen LogP) is 3.09. The van der Waals surface area contributed by atoms with Crippen LogP contribution in [0.15, 0.2) is 30.3 Å². The second-order valence-electron chi connectivity index (χ2n) is 5.16. The van der Waals surface area contributed by atoms with Crippen LogP contribution in [0.1, 0.15) is 30.1 Å². The summed E-state index contributed by atoms with van der Waals surface area (Å²) < 4.78 is 0.304. The van der Waals surface area contributed by atoms with Crippen LogP contribution in [0.5, 0.6) is 0 Å². The molecule has 4 nitrogen and oxygen atoms in total. The van der Waals surface area contributed by atoms with Gasteiger partial charge in [0.25, 0.3) is 0 Å². The standard InChI is InChI=1S/C16H17N3OS/c1-11(20)13-14(17)21-16(12-7-3-2-4-8-12)18-15(13)19-9-5-6-10-19/h2-4,7-8,17H,5-6,9-10H2,1H3. The highest BCUT2D eigenvalue weighted by atomic mass is 32.1. The number of ketones is 1. The molecule has 108 valence electrons. The number of Topliss-reactive ketones (excluding diaryl/α,β-unsaturated/α-hetero) is 1. The summed E-state index contributed by atoms with van der Waals surface area (Å²) in [4.78, 5) is 18.8. The van der Waals surface area contributed by atoms with Crippen molar-refractivity contribution in [2.24, 2.45) is 0 Å². The van der Waals surface area contributed by atoms with Crippen LogP contribution in [-0.4, -0.2) is 23.9 Å². The van der Waals surface area contributed by atoms with Gasteiger partial charge in [0.15, 0.2) is 5.78 Å². The molecule has 1 N–H and O–H groups in total. The first-order chi connectivity index (χ1) is 10.2. The number of carbonyl (C=O) groups excluding carboxylic acids is 1. The third-order valence-corrected chi connectivity index (χ3v) is 4.56. The number of nitrogens with one attached hydrogen (secondary N) is 1. The van der Waals surface area contributed by atoms with E-state index in [1.54, 1.807) is 0 Å². The summed E-state index contributed by atoms with van der Waals surface area (Å²) in [6.07, 6.45) is 2.23. The van der Waals surface area contributed by atoms with Crippen molar-refractivity contribution in [2.45, 2.75) is 19.8 Å². The quantitative estimate of drug-likeness (QED) is 0.886. The lowest BCUT2D eigenvalue weighted by Gasteiger charge is -2.19.